The third-order valence-electron chi connectivity index (χ3n) is 5.00. The second kappa shape index (κ2) is 7.19. The molecule has 0 atom stereocenters. The summed E-state index contributed by atoms with van der Waals surface area (Å²) >= 11 is 0. The Balaban J connectivity index is 1.72. The predicted molar refractivity (Wildman–Crippen MR) is 101 cm³/mol. The van der Waals surface area contributed by atoms with E-state index in [9.17, 15) is 14.4 Å². The van der Waals surface area contributed by atoms with Crippen molar-refractivity contribution in [1.29, 1.82) is 0 Å². The third kappa shape index (κ3) is 3.29. The summed E-state index contributed by atoms with van der Waals surface area (Å²) in [5.74, 6) is 0.614. The Morgan fingerprint density at radius 2 is 1.58 bits per heavy atom. The maximum absolute atomic E-state index is 12.7. The molecule has 0 N–H and O–H groups in total. The average molecular weight is 356 g/mol. The van der Waals surface area contributed by atoms with Gasteiger partial charge in [-0.15, -0.1) is 0 Å². The standard InChI is InChI=1S/C19H24N4O3/c1-4-14-5-7-15(8-6-14)18(25)23-11-9-22(10-12-23)16-13-17(24)21(3)19(26)20(16)2/h5-8,13H,4,9-12H2,1-3H3. The Morgan fingerprint density at radius 1 is 0.962 bits per heavy atom. The number of aryl methyl sites for hydroxylation is 1. The molecule has 0 spiro atoms. The minimum absolute atomic E-state index is 0.0187. The highest BCUT2D eigenvalue weighted by atomic mass is 16.2. The van der Waals surface area contributed by atoms with Gasteiger partial charge in [0.2, 0.25) is 0 Å². The van der Waals surface area contributed by atoms with Gasteiger partial charge in [-0.05, 0) is 24.1 Å². The van der Waals surface area contributed by atoms with Gasteiger partial charge in [-0.25, -0.2) is 4.79 Å². The average Bonchev–Trinajstić information content (AvgIpc) is 2.69. The monoisotopic (exact) mass is 356 g/mol. The lowest BCUT2D eigenvalue weighted by atomic mass is 10.1. The molecule has 1 aromatic carbocycles. The van der Waals surface area contributed by atoms with Crippen LogP contribution in [0.15, 0.2) is 39.9 Å². The van der Waals surface area contributed by atoms with Crippen molar-refractivity contribution in [1.82, 2.24) is 14.0 Å². The Labute approximate surface area is 152 Å². The SMILES string of the molecule is CCc1ccc(C(=O)N2CCN(c3cc(=O)n(C)c(=O)n3C)CC2)cc1. The quantitative estimate of drug-likeness (QED) is 0.808. The number of amides is 1. The summed E-state index contributed by atoms with van der Waals surface area (Å²) in [6.45, 7) is 4.36. The van der Waals surface area contributed by atoms with Gasteiger partial charge in [-0.2, -0.15) is 0 Å². The molecule has 3 rings (SSSR count). The maximum atomic E-state index is 12.7. The van der Waals surface area contributed by atoms with Crippen molar-refractivity contribution in [2.45, 2.75) is 13.3 Å². The third-order valence-corrected chi connectivity index (χ3v) is 5.00. The fourth-order valence-corrected chi connectivity index (χ4v) is 3.23. The number of anilines is 1. The van der Waals surface area contributed by atoms with Crippen molar-refractivity contribution in [3.63, 3.8) is 0 Å². The van der Waals surface area contributed by atoms with E-state index in [2.05, 4.69) is 6.92 Å². The molecule has 2 heterocycles. The first kappa shape index (κ1) is 18.0. The van der Waals surface area contributed by atoms with Gasteiger partial charge < -0.3 is 9.80 Å². The first-order chi connectivity index (χ1) is 12.4. The van der Waals surface area contributed by atoms with Gasteiger partial charge in [0, 0.05) is 51.9 Å². The molecule has 138 valence electrons. The lowest BCUT2D eigenvalue weighted by Gasteiger charge is -2.36. The molecule has 0 aliphatic carbocycles. The van der Waals surface area contributed by atoms with Crippen LogP contribution >= 0.6 is 0 Å². The van der Waals surface area contributed by atoms with Crippen molar-refractivity contribution >= 4 is 11.7 Å². The molecule has 26 heavy (non-hydrogen) atoms. The van der Waals surface area contributed by atoms with Crippen LogP contribution in [-0.4, -0.2) is 46.1 Å². The fraction of sp³-hybridized carbons (Fsp3) is 0.421. The molecule has 0 radical (unpaired) electrons. The smallest absolute Gasteiger partial charge is 0.332 e. The molecule has 0 saturated carbocycles. The van der Waals surface area contributed by atoms with Gasteiger partial charge in [-0.1, -0.05) is 19.1 Å². The molecule has 1 amide bonds. The van der Waals surface area contributed by atoms with E-state index in [0.29, 0.717) is 37.6 Å². The zero-order valence-electron chi connectivity index (χ0n) is 15.4. The van der Waals surface area contributed by atoms with Crippen LogP contribution in [-0.2, 0) is 20.5 Å². The molecule has 7 heteroatoms. The van der Waals surface area contributed by atoms with Gasteiger partial charge in [0.05, 0.1) is 0 Å². The molecule has 2 aromatic rings. The summed E-state index contributed by atoms with van der Waals surface area (Å²) in [6.07, 6.45) is 0.947. The normalized spacial score (nSPS) is 14.6. The molecule has 1 aliphatic heterocycles. The summed E-state index contributed by atoms with van der Waals surface area (Å²) in [4.78, 5) is 40.5. The number of carbonyl (C=O) groups excluding carboxylic acids is 1. The molecule has 1 saturated heterocycles. The number of carbonyl (C=O) groups is 1. The first-order valence-corrected chi connectivity index (χ1v) is 8.82. The molecule has 1 aliphatic rings. The summed E-state index contributed by atoms with van der Waals surface area (Å²) < 4.78 is 2.56. The minimum Gasteiger partial charge on any atom is -0.354 e. The van der Waals surface area contributed by atoms with Gasteiger partial charge in [0.25, 0.3) is 11.5 Å². The maximum Gasteiger partial charge on any atom is 0.332 e. The van der Waals surface area contributed by atoms with E-state index >= 15 is 0 Å². The molecular weight excluding hydrogens is 332 g/mol. The Kier molecular flexibility index (Phi) is 4.97. The van der Waals surface area contributed by atoms with Gasteiger partial charge in [-0.3, -0.25) is 18.7 Å². The first-order valence-electron chi connectivity index (χ1n) is 8.82. The Morgan fingerprint density at radius 3 is 2.15 bits per heavy atom. The number of hydrogen-bond acceptors (Lipinski definition) is 4. The fourth-order valence-electron chi connectivity index (χ4n) is 3.23. The van der Waals surface area contributed by atoms with E-state index in [4.69, 9.17) is 0 Å². The molecule has 0 bridgehead atoms. The summed E-state index contributed by atoms with van der Waals surface area (Å²) in [7, 11) is 3.12. The molecular formula is C19H24N4O3. The lowest BCUT2D eigenvalue weighted by molar-refractivity contribution is 0.0746. The van der Waals surface area contributed by atoms with Gasteiger partial charge in [0.15, 0.2) is 0 Å². The van der Waals surface area contributed by atoms with Crippen LogP contribution in [0.3, 0.4) is 0 Å². The highest BCUT2D eigenvalue weighted by Gasteiger charge is 2.24. The van der Waals surface area contributed by atoms with E-state index < -0.39 is 0 Å². The minimum atomic E-state index is -0.345. The van der Waals surface area contributed by atoms with Crippen molar-refractivity contribution in [2.24, 2.45) is 14.1 Å². The molecule has 7 nitrogen and oxygen atoms in total. The van der Waals surface area contributed by atoms with Crippen LogP contribution in [0.25, 0.3) is 0 Å². The van der Waals surface area contributed by atoms with E-state index in [-0.39, 0.29) is 17.2 Å². The number of piperazine rings is 1. The Bertz CT molecular complexity index is 919. The zero-order chi connectivity index (χ0) is 18.8. The number of hydrogen-bond donors (Lipinski definition) is 0. The van der Waals surface area contributed by atoms with Gasteiger partial charge >= 0.3 is 5.69 Å². The van der Waals surface area contributed by atoms with E-state index in [1.165, 1.54) is 23.2 Å². The van der Waals surface area contributed by atoms with Crippen LogP contribution in [0.5, 0.6) is 0 Å². The molecule has 1 fully saturated rings. The summed E-state index contributed by atoms with van der Waals surface area (Å²) in [6, 6.07) is 9.19. The van der Waals surface area contributed by atoms with Crippen molar-refractivity contribution < 1.29 is 4.79 Å². The largest absolute Gasteiger partial charge is 0.354 e. The van der Waals surface area contributed by atoms with Crippen molar-refractivity contribution in [2.75, 3.05) is 31.1 Å². The van der Waals surface area contributed by atoms with Crippen molar-refractivity contribution in [3.8, 4) is 0 Å². The van der Waals surface area contributed by atoms with Crippen LogP contribution in [0.4, 0.5) is 5.82 Å². The number of aromatic nitrogens is 2. The van der Waals surface area contributed by atoms with Gasteiger partial charge in [0.1, 0.15) is 5.82 Å². The van der Waals surface area contributed by atoms with E-state index in [0.717, 1.165) is 11.0 Å². The number of rotatable bonds is 3. The second-order valence-electron chi connectivity index (χ2n) is 6.57. The van der Waals surface area contributed by atoms with E-state index in [1.54, 1.807) is 7.05 Å². The number of benzene rings is 1. The summed E-state index contributed by atoms with van der Waals surface area (Å²) in [5.41, 5.74) is 1.23. The lowest BCUT2D eigenvalue weighted by Crippen LogP contribution is -2.51. The predicted octanol–water partition coefficient (Wildman–Crippen LogP) is 0.609. The van der Waals surface area contributed by atoms with Crippen LogP contribution < -0.4 is 16.1 Å². The number of nitrogens with zero attached hydrogens (tertiary/aromatic N) is 4. The molecule has 1 aromatic heterocycles. The highest BCUT2D eigenvalue weighted by molar-refractivity contribution is 5.94. The molecule has 0 unspecified atom stereocenters. The van der Waals surface area contributed by atoms with Crippen LogP contribution in [0.2, 0.25) is 0 Å². The highest BCUT2D eigenvalue weighted by Crippen LogP contribution is 2.15. The zero-order valence-corrected chi connectivity index (χ0v) is 15.4. The second-order valence-corrected chi connectivity index (χ2v) is 6.57. The van der Waals surface area contributed by atoms with Crippen LogP contribution in [0, 0.1) is 0 Å². The van der Waals surface area contributed by atoms with E-state index in [1.807, 2.05) is 34.1 Å². The topological polar surface area (TPSA) is 67.6 Å². The Hall–Kier alpha value is -2.83. The summed E-state index contributed by atoms with van der Waals surface area (Å²) in [5, 5.41) is 0. The van der Waals surface area contributed by atoms with Crippen molar-refractivity contribution in [3.05, 3.63) is 62.3 Å². The van der Waals surface area contributed by atoms with Crippen LogP contribution in [0.1, 0.15) is 22.8 Å².